The first kappa shape index (κ1) is 13.1. The van der Waals surface area contributed by atoms with Crippen LogP contribution in [-0.2, 0) is 0 Å². The Morgan fingerprint density at radius 2 is 2.42 bits per heavy atom. The number of fused-ring (bicyclic) bond motifs is 1. The quantitative estimate of drug-likeness (QED) is 0.857. The summed E-state index contributed by atoms with van der Waals surface area (Å²) in [5, 5.41) is 3.64. The number of carbonyl (C=O) groups excluding carboxylic acids is 1. The van der Waals surface area contributed by atoms with Crippen molar-refractivity contribution < 1.29 is 4.79 Å². The van der Waals surface area contributed by atoms with E-state index in [4.69, 9.17) is 0 Å². The Hall–Kier alpha value is -0.940. The molecule has 1 N–H and O–H groups in total. The fourth-order valence-electron chi connectivity index (χ4n) is 3.51. The second-order valence-corrected chi connectivity index (χ2v) is 6.73. The summed E-state index contributed by atoms with van der Waals surface area (Å²) >= 11 is 1.47. The third kappa shape index (κ3) is 2.19. The number of hydrogen-bond donors (Lipinski definition) is 1. The molecule has 2 saturated heterocycles. The van der Waals surface area contributed by atoms with Gasteiger partial charge in [-0.15, -0.1) is 11.3 Å². The molecule has 3 rings (SSSR count). The SMILES string of the molecule is Cc1ncsc1C(=O)N1CCC[C@]2(C)NCCC[C@@H]12. The molecule has 0 spiro atoms. The third-order valence-electron chi connectivity index (χ3n) is 4.59. The topological polar surface area (TPSA) is 45.2 Å². The van der Waals surface area contributed by atoms with Gasteiger partial charge in [0.25, 0.3) is 5.91 Å². The maximum Gasteiger partial charge on any atom is 0.266 e. The minimum absolute atomic E-state index is 0.102. The lowest BCUT2D eigenvalue weighted by Gasteiger charge is -2.51. The summed E-state index contributed by atoms with van der Waals surface area (Å²) in [6.07, 6.45) is 4.53. The standard InChI is InChI=1S/C14H21N3OS/c1-10-12(19-9-15-10)13(18)17-8-4-6-14(2)11(17)5-3-7-16-14/h9,11,16H,3-8H2,1-2H3/t11-,14+/m1/s1. The number of piperidine rings is 2. The van der Waals surface area contributed by atoms with Crippen LogP contribution in [-0.4, -0.2) is 40.5 Å². The summed E-state index contributed by atoms with van der Waals surface area (Å²) < 4.78 is 0. The molecule has 0 aliphatic carbocycles. The molecule has 0 radical (unpaired) electrons. The van der Waals surface area contributed by atoms with Crippen LogP contribution in [0.2, 0.25) is 0 Å². The highest BCUT2D eigenvalue weighted by molar-refractivity contribution is 7.11. The maximum absolute atomic E-state index is 12.7. The number of likely N-dealkylation sites (tertiary alicyclic amines) is 1. The van der Waals surface area contributed by atoms with Crippen molar-refractivity contribution in [2.24, 2.45) is 0 Å². The summed E-state index contributed by atoms with van der Waals surface area (Å²) in [5.41, 5.74) is 2.74. The van der Waals surface area contributed by atoms with E-state index in [0.717, 1.165) is 42.9 Å². The number of nitrogens with zero attached hydrogens (tertiary/aromatic N) is 2. The molecule has 19 heavy (non-hydrogen) atoms. The number of thiazole rings is 1. The summed E-state index contributed by atoms with van der Waals surface area (Å²) in [7, 11) is 0. The number of amides is 1. The van der Waals surface area contributed by atoms with Gasteiger partial charge in [-0.25, -0.2) is 4.98 Å². The Balaban J connectivity index is 1.87. The largest absolute Gasteiger partial charge is 0.333 e. The molecular weight excluding hydrogens is 258 g/mol. The molecule has 2 atom stereocenters. The zero-order valence-corrected chi connectivity index (χ0v) is 12.4. The van der Waals surface area contributed by atoms with Gasteiger partial charge in [-0.1, -0.05) is 0 Å². The second kappa shape index (κ2) is 4.87. The zero-order chi connectivity index (χ0) is 13.5. The Labute approximate surface area is 118 Å². The highest BCUT2D eigenvalue weighted by atomic mass is 32.1. The highest BCUT2D eigenvalue weighted by Gasteiger charge is 2.44. The fourth-order valence-corrected chi connectivity index (χ4v) is 4.27. The number of rotatable bonds is 1. The Kier molecular flexibility index (Phi) is 3.35. The molecule has 2 aliphatic heterocycles. The van der Waals surface area contributed by atoms with Gasteiger partial charge in [0.1, 0.15) is 4.88 Å². The van der Waals surface area contributed by atoms with E-state index in [1.54, 1.807) is 5.51 Å². The molecule has 4 nitrogen and oxygen atoms in total. The van der Waals surface area contributed by atoms with Crippen LogP contribution in [0.25, 0.3) is 0 Å². The predicted molar refractivity (Wildman–Crippen MR) is 76.6 cm³/mol. The van der Waals surface area contributed by atoms with Crippen LogP contribution in [0.15, 0.2) is 5.51 Å². The van der Waals surface area contributed by atoms with Gasteiger partial charge in [-0.2, -0.15) is 0 Å². The number of carbonyl (C=O) groups is 1. The van der Waals surface area contributed by atoms with Crippen LogP contribution in [0.5, 0.6) is 0 Å². The van der Waals surface area contributed by atoms with Crippen molar-refractivity contribution in [3.05, 3.63) is 16.1 Å². The summed E-state index contributed by atoms with van der Waals surface area (Å²) in [5.74, 6) is 0.180. The van der Waals surface area contributed by atoms with Gasteiger partial charge >= 0.3 is 0 Å². The molecule has 2 fully saturated rings. The molecule has 1 aromatic rings. The van der Waals surface area contributed by atoms with Crippen LogP contribution in [0.1, 0.15) is 48.0 Å². The van der Waals surface area contributed by atoms with E-state index >= 15 is 0 Å². The Morgan fingerprint density at radius 3 is 3.16 bits per heavy atom. The molecule has 5 heteroatoms. The summed E-state index contributed by atoms with van der Waals surface area (Å²) in [6, 6.07) is 0.337. The van der Waals surface area contributed by atoms with Crippen molar-refractivity contribution in [1.82, 2.24) is 15.2 Å². The van der Waals surface area contributed by atoms with Gasteiger partial charge in [0.05, 0.1) is 11.2 Å². The van der Waals surface area contributed by atoms with E-state index in [2.05, 4.69) is 22.1 Å². The minimum Gasteiger partial charge on any atom is -0.333 e. The van der Waals surface area contributed by atoms with E-state index < -0.39 is 0 Å². The van der Waals surface area contributed by atoms with Crippen LogP contribution >= 0.6 is 11.3 Å². The van der Waals surface area contributed by atoms with E-state index in [-0.39, 0.29) is 11.4 Å². The summed E-state index contributed by atoms with van der Waals surface area (Å²) in [6.45, 7) is 6.16. The highest BCUT2D eigenvalue weighted by Crippen LogP contribution is 2.34. The Morgan fingerprint density at radius 1 is 1.58 bits per heavy atom. The van der Waals surface area contributed by atoms with E-state index in [1.165, 1.54) is 17.8 Å². The second-order valence-electron chi connectivity index (χ2n) is 5.87. The van der Waals surface area contributed by atoms with Gasteiger partial charge in [0.2, 0.25) is 0 Å². The van der Waals surface area contributed by atoms with Crippen LogP contribution < -0.4 is 5.32 Å². The smallest absolute Gasteiger partial charge is 0.266 e. The van der Waals surface area contributed by atoms with Crippen molar-refractivity contribution in [2.45, 2.75) is 51.1 Å². The van der Waals surface area contributed by atoms with Gasteiger partial charge in [0.15, 0.2) is 0 Å². The lowest BCUT2D eigenvalue weighted by molar-refractivity contribution is 0.0257. The van der Waals surface area contributed by atoms with E-state index in [1.807, 2.05) is 6.92 Å². The molecule has 0 unspecified atom stereocenters. The van der Waals surface area contributed by atoms with Crippen LogP contribution in [0, 0.1) is 6.92 Å². The molecule has 1 aromatic heterocycles. The average Bonchev–Trinajstić information content (AvgIpc) is 2.82. The minimum atomic E-state index is 0.102. The first-order valence-electron chi connectivity index (χ1n) is 7.08. The van der Waals surface area contributed by atoms with Crippen LogP contribution in [0.4, 0.5) is 0 Å². The van der Waals surface area contributed by atoms with Crippen LogP contribution in [0.3, 0.4) is 0 Å². The molecule has 0 bridgehead atoms. The van der Waals surface area contributed by atoms with Crippen molar-refractivity contribution >= 4 is 17.2 Å². The van der Waals surface area contributed by atoms with Crippen molar-refractivity contribution in [1.29, 1.82) is 0 Å². The summed E-state index contributed by atoms with van der Waals surface area (Å²) in [4.78, 5) is 19.9. The number of nitrogens with one attached hydrogen (secondary N) is 1. The molecule has 0 saturated carbocycles. The monoisotopic (exact) mass is 279 g/mol. The van der Waals surface area contributed by atoms with Crippen molar-refractivity contribution in [2.75, 3.05) is 13.1 Å². The van der Waals surface area contributed by atoms with Crippen molar-refractivity contribution in [3.63, 3.8) is 0 Å². The lowest BCUT2D eigenvalue weighted by atomic mass is 9.78. The molecule has 0 aromatic carbocycles. The van der Waals surface area contributed by atoms with E-state index in [9.17, 15) is 4.79 Å². The fraction of sp³-hybridized carbons (Fsp3) is 0.714. The molecule has 1 amide bonds. The zero-order valence-electron chi connectivity index (χ0n) is 11.6. The molecule has 3 heterocycles. The molecule has 2 aliphatic rings. The number of hydrogen-bond acceptors (Lipinski definition) is 4. The number of aryl methyl sites for hydroxylation is 1. The first-order valence-corrected chi connectivity index (χ1v) is 7.96. The van der Waals surface area contributed by atoms with Gasteiger partial charge in [-0.05, 0) is 46.1 Å². The third-order valence-corrected chi connectivity index (χ3v) is 5.51. The van der Waals surface area contributed by atoms with E-state index in [0.29, 0.717) is 6.04 Å². The normalized spacial score (nSPS) is 31.1. The van der Waals surface area contributed by atoms with Gasteiger partial charge in [0, 0.05) is 18.1 Å². The van der Waals surface area contributed by atoms with Crippen molar-refractivity contribution in [3.8, 4) is 0 Å². The lowest BCUT2D eigenvalue weighted by Crippen LogP contribution is -2.65. The maximum atomic E-state index is 12.7. The first-order chi connectivity index (χ1) is 9.12. The molecule has 104 valence electrons. The molecular formula is C14H21N3OS. The average molecular weight is 279 g/mol. The Bertz CT molecular complexity index is 483. The van der Waals surface area contributed by atoms with Gasteiger partial charge < -0.3 is 10.2 Å². The van der Waals surface area contributed by atoms with Gasteiger partial charge in [-0.3, -0.25) is 4.79 Å². The predicted octanol–water partition coefficient (Wildman–Crippen LogP) is 2.20. The number of aromatic nitrogens is 1.